The van der Waals surface area contributed by atoms with Gasteiger partial charge in [-0.2, -0.15) is 5.10 Å². The van der Waals surface area contributed by atoms with E-state index in [-0.39, 0.29) is 11.2 Å². The monoisotopic (exact) mass is 395 g/mol. The second kappa shape index (κ2) is 7.59. The molecule has 0 radical (unpaired) electrons. The van der Waals surface area contributed by atoms with E-state index in [1.165, 1.54) is 0 Å². The van der Waals surface area contributed by atoms with Crippen LogP contribution in [-0.4, -0.2) is 35.7 Å². The van der Waals surface area contributed by atoms with Crippen LogP contribution < -0.4 is 14.8 Å². The highest BCUT2D eigenvalue weighted by molar-refractivity contribution is 8.00. The first-order valence-corrected chi connectivity index (χ1v) is 9.96. The van der Waals surface area contributed by atoms with Gasteiger partial charge in [0.2, 0.25) is 5.91 Å². The van der Waals surface area contributed by atoms with Crippen molar-refractivity contribution in [3.8, 4) is 17.2 Å². The highest BCUT2D eigenvalue weighted by atomic mass is 32.2. The number of thioether (sulfide) groups is 1. The first-order valence-electron chi connectivity index (χ1n) is 8.91. The Bertz CT molecular complexity index is 1020. The lowest BCUT2D eigenvalue weighted by molar-refractivity contribution is -0.113. The van der Waals surface area contributed by atoms with E-state index >= 15 is 0 Å². The Morgan fingerprint density at radius 3 is 2.61 bits per heavy atom. The molecular formula is C21H21N3O3S. The number of fused-ring (bicyclic) bond motifs is 1. The summed E-state index contributed by atoms with van der Waals surface area (Å²) in [4.78, 5) is 12.5. The second-order valence-electron chi connectivity index (χ2n) is 6.42. The molecule has 3 aromatic rings. The molecule has 1 aliphatic heterocycles. The van der Waals surface area contributed by atoms with Gasteiger partial charge < -0.3 is 14.8 Å². The van der Waals surface area contributed by atoms with Crippen LogP contribution in [0.4, 0.5) is 5.82 Å². The topological polar surface area (TPSA) is 65.4 Å². The van der Waals surface area contributed by atoms with Crippen molar-refractivity contribution in [2.24, 2.45) is 0 Å². The summed E-state index contributed by atoms with van der Waals surface area (Å²) in [6.45, 7) is 1.97. The fourth-order valence-corrected chi connectivity index (χ4v) is 4.71. The molecule has 0 saturated heterocycles. The number of para-hydroxylation sites is 2. The molecule has 2 aromatic carbocycles. The molecule has 0 spiro atoms. The average Bonchev–Trinajstić information content (AvgIpc) is 2.93. The van der Waals surface area contributed by atoms with Gasteiger partial charge in [-0.25, -0.2) is 4.68 Å². The minimum absolute atomic E-state index is 0.0484. The molecule has 0 saturated carbocycles. The Balaban J connectivity index is 1.92. The van der Waals surface area contributed by atoms with Crippen LogP contribution in [0.15, 0.2) is 48.5 Å². The number of hydrogen-bond donors (Lipinski definition) is 1. The third-order valence-corrected chi connectivity index (χ3v) is 5.98. The van der Waals surface area contributed by atoms with Gasteiger partial charge >= 0.3 is 0 Å². The first-order chi connectivity index (χ1) is 13.6. The maximum atomic E-state index is 12.5. The molecule has 28 heavy (non-hydrogen) atoms. The standard InChI is InChI=1S/C21H21N3O3S/c1-13-18-20(15-10-7-11-16(26-2)19(15)27-3)28-12-17(25)22-21(18)24(23-13)14-8-5-4-6-9-14/h4-11,20H,12H2,1-3H3,(H,22,25). The Morgan fingerprint density at radius 2 is 1.89 bits per heavy atom. The SMILES string of the molecule is COc1cccc(C2SCC(=O)Nc3c2c(C)nn3-c2ccccc2)c1OC. The van der Waals surface area contributed by atoms with Crippen molar-refractivity contribution in [1.82, 2.24) is 9.78 Å². The smallest absolute Gasteiger partial charge is 0.235 e. The van der Waals surface area contributed by atoms with Crippen molar-refractivity contribution in [3.63, 3.8) is 0 Å². The lowest BCUT2D eigenvalue weighted by Crippen LogP contribution is -2.15. The Labute approximate surface area is 167 Å². The second-order valence-corrected chi connectivity index (χ2v) is 7.51. The van der Waals surface area contributed by atoms with Crippen LogP contribution in [0.1, 0.15) is 22.1 Å². The summed E-state index contributed by atoms with van der Waals surface area (Å²) in [6, 6.07) is 15.6. The number of anilines is 1. The zero-order chi connectivity index (χ0) is 19.7. The highest BCUT2D eigenvalue weighted by Gasteiger charge is 2.32. The minimum atomic E-state index is -0.114. The number of amides is 1. The molecule has 4 rings (SSSR count). The van der Waals surface area contributed by atoms with Crippen LogP contribution in [0, 0.1) is 6.92 Å². The van der Waals surface area contributed by atoms with Gasteiger partial charge in [0, 0.05) is 11.1 Å². The summed E-state index contributed by atoms with van der Waals surface area (Å²) in [6.07, 6.45) is 0. The predicted octanol–water partition coefficient (Wildman–Crippen LogP) is 3.97. The van der Waals surface area contributed by atoms with Crippen LogP contribution in [0.25, 0.3) is 5.69 Å². The van der Waals surface area contributed by atoms with Gasteiger partial charge in [0.15, 0.2) is 11.5 Å². The number of hydrogen-bond acceptors (Lipinski definition) is 5. The van der Waals surface area contributed by atoms with E-state index in [2.05, 4.69) is 5.32 Å². The molecule has 0 bridgehead atoms. The number of methoxy groups -OCH3 is 2. The average molecular weight is 395 g/mol. The molecule has 7 heteroatoms. The summed E-state index contributed by atoms with van der Waals surface area (Å²) in [5.41, 5.74) is 3.70. The predicted molar refractivity (Wildman–Crippen MR) is 111 cm³/mol. The number of nitrogens with one attached hydrogen (secondary N) is 1. The van der Waals surface area contributed by atoms with Crippen molar-refractivity contribution >= 4 is 23.5 Å². The Kier molecular flexibility index (Phi) is 5.00. The quantitative estimate of drug-likeness (QED) is 0.724. The number of carbonyl (C=O) groups is 1. The van der Waals surface area contributed by atoms with Gasteiger partial charge in [-0.3, -0.25) is 4.79 Å². The normalized spacial score (nSPS) is 16.1. The third kappa shape index (κ3) is 3.11. The molecule has 1 amide bonds. The van der Waals surface area contributed by atoms with Crippen LogP contribution in [-0.2, 0) is 4.79 Å². The summed E-state index contributed by atoms with van der Waals surface area (Å²) >= 11 is 1.56. The number of carbonyl (C=O) groups excluding carboxylic acids is 1. The minimum Gasteiger partial charge on any atom is -0.493 e. The van der Waals surface area contributed by atoms with Crippen LogP contribution in [0.2, 0.25) is 0 Å². The van der Waals surface area contributed by atoms with Gasteiger partial charge in [-0.1, -0.05) is 30.3 Å². The molecule has 144 valence electrons. The van der Waals surface area contributed by atoms with Crippen molar-refractivity contribution in [2.45, 2.75) is 12.2 Å². The molecule has 0 fully saturated rings. The Morgan fingerprint density at radius 1 is 1.11 bits per heavy atom. The Hall–Kier alpha value is -2.93. The summed E-state index contributed by atoms with van der Waals surface area (Å²) < 4.78 is 12.9. The van der Waals surface area contributed by atoms with E-state index in [1.54, 1.807) is 30.7 Å². The van der Waals surface area contributed by atoms with Crippen LogP contribution >= 0.6 is 11.8 Å². The molecule has 1 atom stereocenters. The van der Waals surface area contributed by atoms with E-state index in [0.29, 0.717) is 23.1 Å². The number of ether oxygens (including phenoxy) is 2. The molecule has 1 N–H and O–H groups in total. The van der Waals surface area contributed by atoms with Gasteiger partial charge in [0.1, 0.15) is 5.82 Å². The van der Waals surface area contributed by atoms with Gasteiger partial charge in [0.25, 0.3) is 0 Å². The first kappa shape index (κ1) is 18.4. The van der Waals surface area contributed by atoms with Gasteiger partial charge in [0.05, 0.1) is 36.6 Å². The lowest BCUT2D eigenvalue weighted by Gasteiger charge is -2.20. The highest BCUT2D eigenvalue weighted by Crippen LogP contribution is 2.48. The number of aryl methyl sites for hydroxylation is 1. The van der Waals surface area contributed by atoms with Gasteiger partial charge in [-0.05, 0) is 25.1 Å². The largest absolute Gasteiger partial charge is 0.493 e. The molecule has 0 aliphatic carbocycles. The molecule has 6 nitrogen and oxygen atoms in total. The van der Waals surface area contributed by atoms with E-state index in [0.717, 1.165) is 22.5 Å². The van der Waals surface area contributed by atoms with Gasteiger partial charge in [-0.15, -0.1) is 11.8 Å². The lowest BCUT2D eigenvalue weighted by atomic mass is 10.0. The fraction of sp³-hybridized carbons (Fsp3) is 0.238. The fourth-order valence-electron chi connectivity index (χ4n) is 3.50. The third-order valence-electron chi connectivity index (χ3n) is 4.72. The molecule has 1 aromatic heterocycles. The molecule has 2 heterocycles. The summed E-state index contributed by atoms with van der Waals surface area (Å²) in [5, 5.41) is 7.66. The maximum absolute atomic E-state index is 12.5. The molecule has 1 unspecified atom stereocenters. The van der Waals surface area contributed by atoms with Crippen molar-refractivity contribution in [2.75, 3.05) is 25.3 Å². The van der Waals surface area contributed by atoms with Crippen LogP contribution in [0.5, 0.6) is 11.5 Å². The summed E-state index contributed by atoms with van der Waals surface area (Å²) in [5.74, 6) is 2.34. The van der Waals surface area contributed by atoms with E-state index in [4.69, 9.17) is 14.6 Å². The zero-order valence-corrected chi connectivity index (χ0v) is 16.7. The number of aromatic nitrogens is 2. The number of rotatable bonds is 4. The van der Waals surface area contributed by atoms with E-state index in [9.17, 15) is 4.79 Å². The zero-order valence-electron chi connectivity index (χ0n) is 15.9. The van der Waals surface area contributed by atoms with Crippen molar-refractivity contribution in [3.05, 3.63) is 65.4 Å². The number of nitrogens with zero attached hydrogens (tertiary/aromatic N) is 2. The molecule has 1 aliphatic rings. The number of benzene rings is 2. The van der Waals surface area contributed by atoms with E-state index < -0.39 is 0 Å². The van der Waals surface area contributed by atoms with Crippen molar-refractivity contribution in [1.29, 1.82) is 0 Å². The van der Waals surface area contributed by atoms with Crippen molar-refractivity contribution < 1.29 is 14.3 Å². The summed E-state index contributed by atoms with van der Waals surface area (Å²) in [7, 11) is 3.25. The maximum Gasteiger partial charge on any atom is 0.235 e. The van der Waals surface area contributed by atoms with E-state index in [1.807, 2.05) is 55.5 Å². The van der Waals surface area contributed by atoms with Crippen LogP contribution in [0.3, 0.4) is 0 Å². The molecular weight excluding hydrogens is 374 g/mol.